The second-order valence-corrected chi connectivity index (χ2v) is 3.93. The van der Waals surface area contributed by atoms with Gasteiger partial charge in [-0.05, 0) is 24.6 Å². The maximum absolute atomic E-state index is 10.8. The fourth-order valence-electron chi connectivity index (χ4n) is 1.64. The van der Waals surface area contributed by atoms with Gasteiger partial charge in [0.2, 0.25) is 0 Å². The van der Waals surface area contributed by atoms with Crippen molar-refractivity contribution in [1.29, 1.82) is 0 Å². The van der Waals surface area contributed by atoms with Gasteiger partial charge < -0.3 is 20.1 Å². The molecule has 2 atom stereocenters. The molecule has 8 nitrogen and oxygen atoms in total. The zero-order valence-electron chi connectivity index (χ0n) is 10.8. The first-order chi connectivity index (χ1) is 9.54. The minimum atomic E-state index is -1.51. The molecule has 0 spiro atoms. The molecule has 3 N–H and O–H groups in total. The van der Waals surface area contributed by atoms with Gasteiger partial charge in [-0.15, -0.1) is 0 Å². The molecule has 0 aliphatic rings. The highest BCUT2D eigenvalue weighted by Gasteiger charge is 2.23. The third-order valence-corrected chi connectivity index (χ3v) is 2.58. The molecule has 2 unspecified atom stereocenters. The third-order valence-electron chi connectivity index (χ3n) is 2.58. The van der Waals surface area contributed by atoms with E-state index in [0.717, 1.165) is 0 Å². The molecule has 0 bridgehead atoms. The number of hydrogen-bond acceptors (Lipinski definition) is 6. The first-order valence-corrected chi connectivity index (χ1v) is 5.87. The van der Waals surface area contributed by atoms with Crippen molar-refractivity contribution in [2.45, 2.75) is 19.1 Å². The summed E-state index contributed by atoms with van der Waals surface area (Å²) in [4.78, 5) is 13.3. The van der Waals surface area contributed by atoms with Crippen LogP contribution in [0.5, 0.6) is 11.5 Å². The summed E-state index contributed by atoms with van der Waals surface area (Å²) in [5, 5.41) is 32.7. The molecule has 0 saturated heterocycles. The number of carbonyl (C=O) groups is 1. The van der Waals surface area contributed by atoms with E-state index < -0.39 is 12.2 Å². The molecule has 20 heavy (non-hydrogen) atoms. The second-order valence-electron chi connectivity index (χ2n) is 3.93. The number of benzene rings is 1. The Morgan fingerprint density at radius 2 is 2.20 bits per heavy atom. The van der Waals surface area contributed by atoms with Crippen LogP contribution in [0.15, 0.2) is 17.2 Å². The lowest BCUT2D eigenvalue weighted by Crippen LogP contribution is -2.21. The first kappa shape index (κ1) is 15.8. The van der Waals surface area contributed by atoms with E-state index in [4.69, 9.17) is 10.3 Å². The number of aromatic hydroxyl groups is 1. The lowest BCUT2D eigenvalue weighted by Gasteiger charge is -2.19. The maximum Gasteiger partial charge on any atom is 0.163 e. The number of hydrogen-bond donors (Lipinski definition) is 3. The molecule has 0 saturated carbocycles. The monoisotopic (exact) mass is 281 g/mol. The summed E-state index contributed by atoms with van der Waals surface area (Å²) in [5.74, 6) is -0.341. The largest absolute Gasteiger partial charge is 0.504 e. The predicted molar refractivity (Wildman–Crippen MR) is 69.6 cm³/mol. The molecular formula is C12H15N3O5. The first-order valence-electron chi connectivity index (χ1n) is 5.87. The van der Waals surface area contributed by atoms with E-state index in [2.05, 4.69) is 10.0 Å². The van der Waals surface area contributed by atoms with Gasteiger partial charge in [0.15, 0.2) is 11.5 Å². The van der Waals surface area contributed by atoms with E-state index in [1.165, 1.54) is 12.1 Å². The van der Waals surface area contributed by atoms with Crippen molar-refractivity contribution in [1.82, 2.24) is 0 Å². The van der Waals surface area contributed by atoms with Crippen molar-refractivity contribution in [3.63, 3.8) is 0 Å². The smallest absolute Gasteiger partial charge is 0.163 e. The topological polar surface area (TPSA) is 136 Å². The molecule has 0 heterocycles. The van der Waals surface area contributed by atoms with Crippen molar-refractivity contribution in [2.24, 2.45) is 5.11 Å². The van der Waals surface area contributed by atoms with Crippen molar-refractivity contribution in [3.05, 3.63) is 33.7 Å². The summed E-state index contributed by atoms with van der Waals surface area (Å²) >= 11 is 0. The minimum Gasteiger partial charge on any atom is -0.504 e. The van der Waals surface area contributed by atoms with Crippen molar-refractivity contribution < 1.29 is 24.9 Å². The number of carbonyl (C=O) groups excluding carboxylic acids is 1. The van der Waals surface area contributed by atoms with Crippen molar-refractivity contribution in [3.8, 4) is 11.5 Å². The third kappa shape index (κ3) is 3.61. The summed E-state index contributed by atoms with van der Waals surface area (Å²) in [6, 6.07) is 2.55. The van der Waals surface area contributed by atoms with Gasteiger partial charge >= 0.3 is 0 Å². The molecule has 1 aromatic rings. The molecule has 0 amide bonds. The molecule has 8 heteroatoms. The predicted octanol–water partition coefficient (Wildman–Crippen LogP) is 1.31. The van der Waals surface area contributed by atoms with Crippen LogP contribution in [0.2, 0.25) is 0 Å². The van der Waals surface area contributed by atoms with Crippen LogP contribution >= 0.6 is 0 Å². The summed E-state index contributed by atoms with van der Waals surface area (Å²) < 4.78 is 5.15. The van der Waals surface area contributed by atoms with Crippen LogP contribution in [0.3, 0.4) is 0 Å². The van der Waals surface area contributed by atoms with Crippen LogP contribution < -0.4 is 4.74 Å². The van der Waals surface area contributed by atoms with Crippen LogP contribution in [-0.4, -0.2) is 40.9 Å². The number of phenols is 1. The lowest BCUT2D eigenvalue weighted by molar-refractivity contribution is 0.0227. The van der Waals surface area contributed by atoms with Gasteiger partial charge in [0.25, 0.3) is 0 Å². The van der Waals surface area contributed by atoms with E-state index in [9.17, 15) is 20.1 Å². The Balaban J connectivity index is 3.17. The number of rotatable bonds is 7. The molecule has 1 rings (SSSR count). The Kier molecular flexibility index (Phi) is 5.79. The van der Waals surface area contributed by atoms with Crippen LogP contribution in [-0.2, 0) is 0 Å². The molecule has 0 aliphatic heterocycles. The fourth-order valence-corrected chi connectivity index (χ4v) is 1.64. The summed E-state index contributed by atoms with van der Waals surface area (Å²) in [7, 11) is 0. The molecule has 0 radical (unpaired) electrons. The van der Waals surface area contributed by atoms with Gasteiger partial charge in [-0.25, -0.2) is 0 Å². The number of aldehydes is 1. The lowest BCUT2D eigenvalue weighted by atomic mass is 10.0. The Hall–Kier alpha value is -2.28. The van der Waals surface area contributed by atoms with E-state index in [1.807, 2.05) is 0 Å². The maximum atomic E-state index is 10.8. The Labute approximate surface area is 114 Å². The van der Waals surface area contributed by atoms with Gasteiger partial charge in [0.1, 0.15) is 12.4 Å². The quantitative estimate of drug-likeness (QED) is 0.299. The average molecular weight is 281 g/mol. The van der Waals surface area contributed by atoms with Gasteiger partial charge in [-0.1, -0.05) is 5.11 Å². The number of aliphatic hydroxyl groups excluding tert-OH is 2. The number of aliphatic hydroxyl groups is 2. The highest BCUT2D eigenvalue weighted by molar-refractivity contribution is 5.77. The molecule has 1 aromatic carbocycles. The zero-order valence-corrected chi connectivity index (χ0v) is 10.8. The molecular weight excluding hydrogens is 266 g/mol. The Bertz CT molecular complexity index is 528. The highest BCUT2D eigenvalue weighted by atomic mass is 16.5. The molecule has 108 valence electrons. The van der Waals surface area contributed by atoms with Gasteiger partial charge in [0, 0.05) is 16.0 Å². The van der Waals surface area contributed by atoms with E-state index in [1.54, 1.807) is 6.92 Å². The normalized spacial score (nSPS) is 13.2. The number of ether oxygens (including phenoxy) is 1. The fraction of sp³-hybridized carbons (Fsp3) is 0.417. The van der Waals surface area contributed by atoms with Crippen molar-refractivity contribution in [2.75, 3.05) is 13.2 Å². The molecule has 0 fully saturated rings. The van der Waals surface area contributed by atoms with Gasteiger partial charge in [-0.2, -0.15) is 0 Å². The number of phenolic OH excluding ortho intramolecular Hbond substituents is 1. The van der Waals surface area contributed by atoms with E-state index in [-0.39, 0.29) is 35.8 Å². The Morgan fingerprint density at radius 1 is 1.50 bits per heavy atom. The highest BCUT2D eigenvalue weighted by Crippen LogP contribution is 2.36. The zero-order chi connectivity index (χ0) is 15.1. The van der Waals surface area contributed by atoms with E-state index >= 15 is 0 Å². The molecule has 0 aromatic heterocycles. The standard InChI is InChI=1S/C12H15N3O5/c1-2-20-10-4-7(6-16)3-8(12(10)19)11(18)9(17)5-14-15-13/h3-4,6,9,11,17-19H,2,5H2,1H3. The number of azide groups is 1. The number of nitrogens with zero attached hydrogens (tertiary/aromatic N) is 3. The van der Waals surface area contributed by atoms with Gasteiger partial charge in [0.05, 0.1) is 19.3 Å². The van der Waals surface area contributed by atoms with E-state index in [0.29, 0.717) is 6.29 Å². The Morgan fingerprint density at radius 3 is 2.75 bits per heavy atom. The second kappa shape index (κ2) is 7.34. The van der Waals surface area contributed by atoms with Crippen molar-refractivity contribution >= 4 is 6.29 Å². The summed E-state index contributed by atoms with van der Waals surface area (Å²) in [6.07, 6.45) is -2.40. The minimum absolute atomic E-state index is 0.0298. The SMILES string of the molecule is CCOc1cc(C=O)cc(C(O)C(O)CN=[N+]=[N-])c1O. The summed E-state index contributed by atoms with van der Waals surface area (Å²) in [6.45, 7) is 1.58. The van der Waals surface area contributed by atoms with Crippen LogP contribution in [0.1, 0.15) is 28.9 Å². The van der Waals surface area contributed by atoms with Crippen LogP contribution in [0.25, 0.3) is 10.4 Å². The average Bonchev–Trinajstić information content (AvgIpc) is 2.46. The summed E-state index contributed by atoms with van der Waals surface area (Å²) in [5.41, 5.74) is 8.27. The van der Waals surface area contributed by atoms with Crippen LogP contribution in [0, 0.1) is 0 Å². The molecule has 0 aliphatic carbocycles. The van der Waals surface area contributed by atoms with Crippen LogP contribution in [0.4, 0.5) is 0 Å². The van der Waals surface area contributed by atoms with Gasteiger partial charge in [-0.3, -0.25) is 4.79 Å².